The molecule has 0 aliphatic rings. The third kappa shape index (κ3) is 7.62. The van der Waals surface area contributed by atoms with Crippen LogP contribution >= 0.6 is 39.1 Å². The average molecular weight is 559 g/mol. The summed E-state index contributed by atoms with van der Waals surface area (Å²) in [5, 5.41) is 7.34. The van der Waals surface area contributed by atoms with E-state index in [0.29, 0.717) is 38.7 Å². The fraction of sp³-hybridized carbons (Fsp3) is 0.348. The van der Waals surface area contributed by atoms with Gasteiger partial charge < -0.3 is 14.8 Å². The van der Waals surface area contributed by atoms with Gasteiger partial charge in [0.15, 0.2) is 11.5 Å². The molecule has 0 bridgehead atoms. The molecule has 2 aromatic rings. The van der Waals surface area contributed by atoms with E-state index < -0.39 is 17.9 Å². The van der Waals surface area contributed by atoms with Crippen LogP contribution in [0.5, 0.6) is 11.5 Å². The highest BCUT2D eigenvalue weighted by Gasteiger charge is 2.24. The minimum absolute atomic E-state index is 0.184. The van der Waals surface area contributed by atoms with E-state index in [1.54, 1.807) is 19.2 Å². The summed E-state index contributed by atoms with van der Waals surface area (Å²) in [6, 6.07) is 7.25. The number of nitrogens with one attached hydrogen (secondary N) is 2. The van der Waals surface area contributed by atoms with Gasteiger partial charge in [0.2, 0.25) is 0 Å². The minimum Gasteiger partial charge on any atom is -0.493 e. The molecule has 178 valence electrons. The van der Waals surface area contributed by atoms with Crippen LogP contribution in [0.1, 0.15) is 43.1 Å². The van der Waals surface area contributed by atoms with Crippen molar-refractivity contribution in [3.63, 3.8) is 0 Å². The summed E-state index contributed by atoms with van der Waals surface area (Å²) < 4.78 is 11.8. The van der Waals surface area contributed by atoms with Crippen LogP contribution < -0.4 is 20.2 Å². The summed E-state index contributed by atoms with van der Waals surface area (Å²) >= 11 is 15.4. The molecule has 7 nitrogen and oxygen atoms in total. The molecule has 33 heavy (non-hydrogen) atoms. The van der Waals surface area contributed by atoms with E-state index in [1.165, 1.54) is 24.4 Å². The highest BCUT2D eigenvalue weighted by atomic mass is 79.9. The van der Waals surface area contributed by atoms with Gasteiger partial charge in [0, 0.05) is 5.56 Å². The lowest BCUT2D eigenvalue weighted by Crippen LogP contribution is -2.48. The molecule has 0 spiro atoms. The Labute approximate surface area is 211 Å². The number of rotatable bonds is 10. The van der Waals surface area contributed by atoms with Gasteiger partial charge in [-0.05, 0) is 64.2 Å². The molecule has 2 aromatic carbocycles. The molecule has 0 radical (unpaired) electrons. The van der Waals surface area contributed by atoms with Crippen molar-refractivity contribution in [3.8, 4) is 11.5 Å². The lowest BCUT2D eigenvalue weighted by Gasteiger charge is -2.20. The molecule has 2 rings (SSSR count). The van der Waals surface area contributed by atoms with Crippen LogP contribution in [0, 0.1) is 5.92 Å². The van der Waals surface area contributed by atoms with Gasteiger partial charge in [-0.3, -0.25) is 9.59 Å². The number of hydrogen-bond donors (Lipinski definition) is 2. The highest BCUT2D eigenvalue weighted by Crippen LogP contribution is 2.36. The molecule has 0 saturated heterocycles. The SMILES string of the molecule is CCCOc1c(Br)cc(C=NNC(=O)C(NC(=O)c2ccc(Cl)c(Cl)c2)C(C)C)cc1OC. The largest absolute Gasteiger partial charge is 0.493 e. The van der Waals surface area contributed by atoms with Gasteiger partial charge >= 0.3 is 0 Å². The molecular weight excluding hydrogens is 533 g/mol. The summed E-state index contributed by atoms with van der Waals surface area (Å²) in [7, 11) is 1.55. The predicted octanol–water partition coefficient (Wildman–Crippen LogP) is 5.46. The standard InChI is InChI=1S/C23H26BrCl2N3O4/c1-5-8-33-21-16(24)9-14(10-19(21)32-4)12-27-29-23(31)20(13(2)3)28-22(30)15-6-7-17(25)18(26)11-15/h6-7,9-13,20H,5,8H2,1-4H3,(H,28,30)(H,29,31). The first kappa shape index (κ1) is 27.0. The molecule has 2 amide bonds. The van der Waals surface area contributed by atoms with Crippen molar-refractivity contribution in [1.29, 1.82) is 0 Å². The number of carbonyl (C=O) groups is 2. The molecule has 0 saturated carbocycles. The second-order valence-corrected chi connectivity index (χ2v) is 9.11. The summed E-state index contributed by atoms with van der Waals surface area (Å²) in [6.45, 7) is 6.21. The van der Waals surface area contributed by atoms with Gasteiger partial charge in [-0.2, -0.15) is 5.10 Å². The van der Waals surface area contributed by atoms with Crippen LogP contribution in [-0.4, -0.2) is 37.8 Å². The third-order valence-corrected chi connectivity index (χ3v) is 5.84. The van der Waals surface area contributed by atoms with Crippen LogP contribution in [0.3, 0.4) is 0 Å². The second kappa shape index (κ2) is 12.8. The number of amides is 2. The van der Waals surface area contributed by atoms with Crippen LogP contribution in [-0.2, 0) is 4.79 Å². The first-order valence-electron chi connectivity index (χ1n) is 10.3. The van der Waals surface area contributed by atoms with Crippen LogP contribution in [0.2, 0.25) is 10.0 Å². The summed E-state index contributed by atoms with van der Waals surface area (Å²) in [6.07, 6.45) is 2.34. The number of halogens is 3. The number of hydrazone groups is 1. The van der Waals surface area contributed by atoms with Crippen molar-refractivity contribution in [2.75, 3.05) is 13.7 Å². The Kier molecular flexibility index (Phi) is 10.5. The molecule has 1 atom stereocenters. The Balaban J connectivity index is 2.09. The molecule has 0 aliphatic heterocycles. The molecule has 0 fully saturated rings. The summed E-state index contributed by atoms with van der Waals surface area (Å²) in [5.74, 6) is 0.0625. The minimum atomic E-state index is -0.810. The Morgan fingerprint density at radius 2 is 1.91 bits per heavy atom. The van der Waals surface area contributed by atoms with Crippen LogP contribution in [0.15, 0.2) is 39.9 Å². The van der Waals surface area contributed by atoms with E-state index in [9.17, 15) is 9.59 Å². The van der Waals surface area contributed by atoms with Gasteiger partial charge in [-0.25, -0.2) is 5.43 Å². The maximum atomic E-state index is 12.7. The van der Waals surface area contributed by atoms with Gasteiger partial charge in [0.05, 0.1) is 34.4 Å². The van der Waals surface area contributed by atoms with Crippen molar-refractivity contribution in [3.05, 3.63) is 56.0 Å². The van der Waals surface area contributed by atoms with Gasteiger partial charge in [0.25, 0.3) is 11.8 Å². The first-order chi connectivity index (χ1) is 15.7. The number of ether oxygens (including phenoxy) is 2. The molecule has 0 heterocycles. The maximum Gasteiger partial charge on any atom is 0.262 e. The van der Waals surface area contributed by atoms with Crippen molar-refractivity contribution in [2.24, 2.45) is 11.0 Å². The van der Waals surface area contributed by atoms with Crippen molar-refractivity contribution < 1.29 is 19.1 Å². The zero-order valence-corrected chi connectivity index (χ0v) is 21.8. The summed E-state index contributed by atoms with van der Waals surface area (Å²) in [4.78, 5) is 25.3. The lowest BCUT2D eigenvalue weighted by molar-refractivity contribution is -0.123. The smallest absolute Gasteiger partial charge is 0.262 e. The van der Waals surface area contributed by atoms with Crippen LogP contribution in [0.4, 0.5) is 0 Å². The molecular formula is C23H26BrCl2N3O4. The number of methoxy groups -OCH3 is 1. The first-order valence-corrected chi connectivity index (χ1v) is 11.8. The molecule has 2 N–H and O–H groups in total. The van der Waals surface area contributed by atoms with E-state index >= 15 is 0 Å². The Bertz CT molecular complexity index is 1030. The molecule has 0 aliphatic carbocycles. The summed E-state index contributed by atoms with van der Waals surface area (Å²) in [5.41, 5.74) is 3.46. The van der Waals surface area contributed by atoms with E-state index in [0.717, 1.165) is 6.42 Å². The highest BCUT2D eigenvalue weighted by molar-refractivity contribution is 9.10. The van der Waals surface area contributed by atoms with E-state index in [2.05, 4.69) is 31.8 Å². The maximum absolute atomic E-state index is 12.7. The van der Waals surface area contributed by atoms with Crippen molar-refractivity contribution in [1.82, 2.24) is 10.7 Å². The fourth-order valence-electron chi connectivity index (χ4n) is 2.80. The number of hydrogen-bond acceptors (Lipinski definition) is 5. The third-order valence-electron chi connectivity index (χ3n) is 4.51. The zero-order chi connectivity index (χ0) is 24.5. The molecule has 1 unspecified atom stereocenters. The van der Waals surface area contributed by atoms with Crippen molar-refractivity contribution >= 4 is 57.2 Å². The quantitative estimate of drug-likeness (QED) is 0.299. The fourth-order valence-corrected chi connectivity index (χ4v) is 3.67. The lowest BCUT2D eigenvalue weighted by atomic mass is 10.0. The van der Waals surface area contributed by atoms with Crippen LogP contribution in [0.25, 0.3) is 0 Å². The van der Waals surface area contributed by atoms with E-state index in [4.69, 9.17) is 32.7 Å². The van der Waals surface area contributed by atoms with E-state index in [1.807, 2.05) is 20.8 Å². The van der Waals surface area contributed by atoms with Gasteiger partial charge in [0.1, 0.15) is 6.04 Å². The normalized spacial score (nSPS) is 12.0. The number of nitrogens with zero attached hydrogens (tertiary/aromatic N) is 1. The topological polar surface area (TPSA) is 89.0 Å². The predicted molar refractivity (Wildman–Crippen MR) is 135 cm³/mol. The number of carbonyl (C=O) groups excluding carboxylic acids is 2. The zero-order valence-electron chi connectivity index (χ0n) is 18.7. The average Bonchev–Trinajstić information content (AvgIpc) is 2.77. The molecule has 10 heteroatoms. The number of benzene rings is 2. The second-order valence-electron chi connectivity index (χ2n) is 7.44. The molecule has 0 aromatic heterocycles. The Hall–Kier alpha value is -2.29. The Morgan fingerprint density at radius 3 is 2.52 bits per heavy atom. The van der Waals surface area contributed by atoms with Crippen molar-refractivity contribution in [2.45, 2.75) is 33.2 Å². The monoisotopic (exact) mass is 557 g/mol. The van der Waals surface area contributed by atoms with Gasteiger partial charge in [-0.15, -0.1) is 0 Å². The Morgan fingerprint density at radius 1 is 1.18 bits per heavy atom. The van der Waals surface area contributed by atoms with Gasteiger partial charge in [-0.1, -0.05) is 44.0 Å². The van der Waals surface area contributed by atoms with E-state index in [-0.39, 0.29) is 10.9 Å².